The minimum Gasteiger partial charge on any atom is -0.390 e. The number of nitrogens with one attached hydrogen (secondary N) is 2. The van der Waals surface area contributed by atoms with Gasteiger partial charge in [-0.05, 0) is 51.0 Å². The highest BCUT2D eigenvalue weighted by atomic mass is 35.5. The first-order valence-electron chi connectivity index (χ1n) is 11.7. The number of pyridine rings is 1. The molecule has 1 unspecified atom stereocenters. The number of imidazole rings is 1. The van der Waals surface area contributed by atoms with E-state index in [2.05, 4.69) is 15.6 Å². The van der Waals surface area contributed by atoms with E-state index in [0.29, 0.717) is 49.6 Å². The van der Waals surface area contributed by atoms with E-state index < -0.39 is 11.5 Å². The monoisotopic (exact) mass is 512 g/mol. The molecular formula is C25H29ClN6O4. The van der Waals surface area contributed by atoms with Gasteiger partial charge in [-0.2, -0.15) is 5.26 Å². The molecule has 0 radical (unpaired) electrons. The summed E-state index contributed by atoms with van der Waals surface area (Å²) in [4.78, 5) is 29.5. The van der Waals surface area contributed by atoms with Crippen LogP contribution >= 0.6 is 11.6 Å². The van der Waals surface area contributed by atoms with Crippen LogP contribution in [0.1, 0.15) is 42.7 Å². The van der Waals surface area contributed by atoms with Crippen molar-refractivity contribution < 1.29 is 14.6 Å². The molecule has 2 aromatic heterocycles. The normalized spacial score (nSPS) is 15.7. The zero-order valence-corrected chi connectivity index (χ0v) is 21.2. The number of hydrogen-bond acceptors (Lipinski definition) is 7. The van der Waals surface area contributed by atoms with E-state index >= 15 is 0 Å². The molecule has 36 heavy (non-hydrogen) atoms. The summed E-state index contributed by atoms with van der Waals surface area (Å²) < 4.78 is 8.92. The first kappa shape index (κ1) is 25.7. The number of ether oxygens (including phenoxy) is 1. The highest BCUT2D eigenvalue weighted by Crippen LogP contribution is 2.29. The fourth-order valence-electron chi connectivity index (χ4n) is 4.28. The number of aryl methyl sites for hydroxylation is 1. The summed E-state index contributed by atoms with van der Waals surface area (Å²) in [5.74, 6) is -0.178. The van der Waals surface area contributed by atoms with Crippen LogP contribution < -0.4 is 16.3 Å². The number of rotatable bonds is 8. The Morgan fingerprint density at radius 2 is 2.11 bits per heavy atom. The number of amides is 1. The largest absolute Gasteiger partial charge is 0.390 e. The van der Waals surface area contributed by atoms with Crippen LogP contribution in [0.5, 0.6) is 0 Å². The minimum absolute atomic E-state index is 0.0668. The molecule has 3 N–H and O–H groups in total. The van der Waals surface area contributed by atoms with Gasteiger partial charge >= 0.3 is 5.69 Å². The van der Waals surface area contributed by atoms with Gasteiger partial charge in [0.1, 0.15) is 22.5 Å². The third-order valence-corrected chi connectivity index (χ3v) is 6.53. The molecule has 4 rings (SSSR count). The first-order valence-corrected chi connectivity index (χ1v) is 12.1. The molecule has 0 bridgehead atoms. The topological polar surface area (TPSA) is 134 Å². The predicted octanol–water partition coefficient (Wildman–Crippen LogP) is 3.02. The van der Waals surface area contributed by atoms with Gasteiger partial charge in [-0.15, -0.1) is 0 Å². The Kier molecular flexibility index (Phi) is 7.36. The van der Waals surface area contributed by atoms with Crippen molar-refractivity contribution >= 4 is 39.9 Å². The third-order valence-electron chi connectivity index (χ3n) is 6.26. The fraction of sp³-hybridized carbons (Fsp3) is 0.440. The third kappa shape index (κ3) is 5.38. The molecule has 10 nitrogen and oxygen atoms in total. The lowest BCUT2D eigenvalue weighted by Gasteiger charge is -2.17. The molecule has 0 spiro atoms. The highest BCUT2D eigenvalue weighted by molar-refractivity contribution is 6.31. The summed E-state index contributed by atoms with van der Waals surface area (Å²) in [5.41, 5.74) is 1.47. The summed E-state index contributed by atoms with van der Waals surface area (Å²) in [6.45, 7) is 5.61. The standard InChI is InChI=1S/C25H29ClN6O4/c1-25(2,35)7-8-31-21-10-16(4-5-20(21)32(24(31)34)13-15-6-9-36-14-15)29-18-11-19(23(33)28-3)30-22(26)17(18)12-27/h4-5,10-11,15,35H,6-9,13-14H2,1-3H3,(H,28,33)(H,29,30). The molecule has 190 valence electrons. The maximum atomic E-state index is 13.4. The predicted molar refractivity (Wildman–Crippen MR) is 137 cm³/mol. The van der Waals surface area contributed by atoms with Gasteiger partial charge < -0.3 is 20.5 Å². The van der Waals surface area contributed by atoms with E-state index in [9.17, 15) is 20.0 Å². The van der Waals surface area contributed by atoms with Gasteiger partial charge in [0.2, 0.25) is 0 Å². The van der Waals surface area contributed by atoms with Crippen molar-refractivity contribution in [1.29, 1.82) is 5.26 Å². The van der Waals surface area contributed by atoms with Gasteiger partial charge in [0.15, 0.2) is 0 Å². The second-order valence-corrected chi connectivity index (χ2v) is 9.94. The molecule has 1 aliphatic rings. The summed E-state index contributed by atoms with van der Waals surface area (Å²) in [6.07, 6.45) is 1.29. The fourth-order valence-corrected chi connectivity index (χ4v) is 4.51. The quantitative estimate of drug-likeness (QED) is 0.395. The van der Waals surface area contributed by atoms with E-state index in [4.69, 9.17) is 16.3 Å². The van der Waals surface area contributed by atoms with Gasteiger partial charge in [-0.25, -0.2) is 9.78 Å². The van der Waals surface area contributed by atoms with E-state index in [1.165, 1.54) is 13.1 Å². The van der Waals surface area contributed by atoms with Crippen molar-refractivity contribution in [1.82, 2.24) is 19.4 Å². The van der Waals surface area contributed by atoms with E-state index in [1.54, 1.807) is 29.0 Å². The average Bonchev–Trinajstić information content (AvgIpc) is 3.43. The summed E-state index contributed by atoms with van der Waals surface area (Å²) in [6, 6.07) is 8.95. The number of benzene rings is 1. The van der Waals surface area contributed by atoms with Gasteiger partial charge in [0.25, 0.3) is 5.91 Å². The Bertz CT molecular complexity index is 1390. The molecule has 1 fully saturated rings. The molecule has 3 aromatic rings. The van der Waals surface area contributed by atoms with Gasteiger partial charge in [0.05, 0.1) is 28.9 Å². The van der Waals surface area contributed by atoms with Crippen molar-refractivity contribution in [2.45, 2.75) is 45.4 Å². The van der Waals surface area contributed by atoms with Crippen molar-refractivity contribution in [2.75, 3.05) is 25.6 Å². The van der Waals surface area contributed by atoms with Crippen LogP contribution in [0, 0.1) is 17.2 Å². The molecule has 0 aliphatic carbocycles. The van der Waals surface area contributed by atoms with Crippen molar-refractivity contribution in [2.24, 2.45) is 5.92 Å². The van der Waals surface area contributed by atoms with Gasteiger partial charge in [-0.1, -0.05) is 11.6 Å². The van der Waals surface area contributed by atoms with Crippen molar-refractivity contribution in [3.63, 3.8) is 0 Å². The summed E-state index contributed by atoms with van der Waals surface area (Å²) in [7, 11) is 1.48. The second kappa shape index (κ2) is 10.3. The van der Waals surface area contributed by atoms with E-state index in [1.807, 2.05) is 18.2 Å². The van der Waals surface area contributed by atoms with Crippen LogP contribution in [0.2, 0.25) is 5.15 Å². The van der Waals surface area contributed by atoms with Crippen LogP contribution in [0.3, 0.4) is 0 Å². The number of aliphatic hydroxyl groups is 1. The number of nitrogens with zero attached hydrogens (tertiary/aromatic N) is 4. The zero-order chi connectivity index (χ0) is 26.0. The Morgan fingerprint density at radius 1 is 1.33 bits per heavy atom. The number of aromatic nitrogens is 3. The summed E-state index contributed by atoms with van der Waals surface area (Å²) in [5, 5.41) is 25.4. The van der Waals surface area contributed by atoms with E-state index in [0.717, 1.165) is 11.9 Å². The Labute approximate surface area is 213 Å². The van der Waals surface area contributed by atoms with E-state index in [-0.39, 0.29) is 28.0 Å². The Morgan fingerprint density at radius 3 is 2.75 bits per heavy atom. The SMILES string of the molecule is CNC(=O)c1cc(Nc2ccc3c(c2)n(CCC(C)(C)O)c(=O)n3CC2CCOC2)c(C#N)c(Cl)n1. The number of carbonyl (C=O) groups excluding carboxylic acids is 1. The lowest BCUT2D eigenvalue weighted by atomic mass is 10.1. The summed E-state index contributed by atoms with van der Waals surface area (Å²) >= 11 is 6.17. The number of hydrogen-bond donors (Lipinski definition) is 3. The van der Waals surface area contributed by atoms with Gasteiger partial charge in [-0.3, -0.25) is 13.9 Å². The molecule has 1 aromatic carbocycles. The van der Waals surface area contributed by atoms with Crippen LogP contribution in [0.15, 0.2) is 29.1 Å². The zero-order valence-electron chi connectivity index (χ0n) is 20.5. The first-order chi connectivity index (χ1) is 17.1. The second-order valence-electron chi connectivity index (χ2n) is 9.58. The molecule has 1 aliphatic heterocycles. The molecule has 11 heteroatoms. The smallest absolute Gasteiger partial charge is 0.329 e. The number of nitriles is 1. The minimum atomic E-state index is -0.936. The maximum absolute atomic E-state index is 13.4. The molecule has 1 atom stereocenters. The van der Waals surface area contributed by atoms with Crippen LogP contribution in [-0.4, -0.2) is 51.0 Å². The van der Waals surface area contributed by atoms with Crippen molar-refractivity contribution in [3.8, 4) is 6.07 Å². The van der Waals surface area contributed by atoms with Crippen LogP contribution in [0.25, 0.3) is 11.0 Å². The lowest BCUT2D eigenvalue weighted by Crippen LogP contribution is -2.29. The van der Waals surface area contributed by atoms with Crippen LogP contribution in [-0.2, 0) is 17.8 Å². The molecule has 0 saturated carbocycles. The lowest BCUT2D eigenvalue weighted by molar-refractivity contribution is 0.0662. The molecule has 1 amide bonds. The molecular weight excluding hydrogens is 484 g/mol. The highest BCUT2D eigenvalue weighted by Gasteiger charge is 2.23. The number of halogens is 1. The van der Waals surface area contributed by atoms with Gasteiger partial charge in [0, 0.05) is 38.3 Å². The molecule has 3 heterocycles. The number of carbonyl (C=O) groups is 1. The number of fused-ring (bicyclic) bond motifs is 1. The van der Waals surface area contributed by atoms with Crippen molar-refractivity contribution in [3.05, 3.63) is 51.2 Å². The number of anilines is 2. The average molecular weight is 513 g/mol. The van der Waals surface area contributed by atoms with Crippen LogP contribution in [0.4, 0.5) is 11.4 Å². The Hall–Kier alpha value is -3.39. The molecule has 1 saturated heterocycles. The maximum Gasteiger partial charge on any atom is 0.329 e. The Balaban J connectivity index is 1.77.